The molecule has 1 aliphatic rings. The van der Waals surface area contributed by atoms with E-state index in [4.69, 9.17) is 0 Å². The molecule has 3 atom stereocenters. The molecular weight excluding hydrogens is 323 g/mol. The molecule has 1 aromatic carbocycles. The van der Waals surface area contributed by atoms with Crippen molar-refractivity contribution in [1.82, 2.24) is 4.90 Å². The molecule has 3 unspecified atom stereocenters. The molecule has 0 aromatic heterocycles. The van der Waals surface area contributed by atoms with Crippen LogP contribution in [-0.4, -0.2) is 28.9 Å². The van der Waals surface area contributed by atoms with Crippen LogP contribution in [0, 0.1) is 5.82 Å². The molecule has 0 radical (unpaired) electrons. The Hall–Kier alpha value is -0.940. The summed E-state index contributed by atoms with van der Waals surface area (Å²) in [7, 11) is 0. The number of carbonyl (C=O) groups is 1. The first-order valence-electron chi connectivity index (χ1n) is 6.93. The smallest absolute Gasteiger partial charge is 0.241 e. The molecule has 0 bridgehead atoms. The quantitative estimate of drug-likeness (QED) is 0.906. The van der Waals surface area contributed by atoms with E-state index in [9.17, 15) is 9.18 Å². The fraction of sp³-hybridized carbons (Fsp3) is 0.533. The number of rotatable bonds is 3. The molecule has 5 heteroatoms. The minimum atomic E-state index is -0.362. The lowest BCUT2D eigenvalue weighted by atomic mass is 10.2. The standard InChI is InChI=1S/C15H20BrFN2O/c1-9-4-5-10(2)19(9)11(3)15(20)18-14-8-12(17)6-7-13(14)16/h6-11H,4-5H2,1-3H3,(H,18,20). The molecule has 3 nitrogen and oxygen atoms in total. The van der Waals surface area contributed by atoms with Crippen molar-refractivity contribution >= 4 is 27.5 Å². The van der Waals surface area contributed by atoms with Gasteiger partial charge in [-0.25, -0.2) is 4.39 Å². The van der Waals surface area contributed by atoms with Crippen LogP contribution in [0.5, 0.6) is 0 Å². The normalized spacial score (nSPS) is 24.6. The predicted molar refractivity (Wildman–Crippen MR) is 82.2 cm³/mol. The monoisotopic (exact) mass is 342 g/mol. The van der Waals surface area contributed by atoms with Crippen LogP contribution in [0.1, 0.15) is 33.6 Å². The van der Waals surface area contributed by atoms with E-state index in [-0.39, 0.29) is 17.8 Å². The van der Waals surface area contributed by atoms with Gasteiger partial charge in [0, 0.05) is 16.6 Å². The molecule has 20 heavy (non-hydrogen) atoms. The van der Waals surface area contributed by atoms with Crippen molar-refractivity contribution in [2.45, 2.75) is 51.7 Å². The third kappa shape index (κ3) is 3.20. The van der Waals surface area contributed by atoms with Crippen LogP contribution < -0.4 is 5.32 Å². The lowest BCUT2D eigenvalue weighted by Gasteiger charge is -2.31. The highest BCUT2D eigenvalue weighted by Crippen LogP contribution is 2.27. The van der Waals surface area contributed by atoms with Gasteiger partial charge in [-0.05, 0) is 67.7 Å². The first-order valence-corrected chi connectivity index (χ1v) is 7.72. The van der Waals surface area contributed by atoms with Gasteiger partial charge in [-0.15, -0.1) is 0 Å². The van der Waals surface area contributed by atoms with Gasteiger partial charge in [-0.1, -0.05) is 0 Å². The van der Waals surface area contributed by atoms with E-state index in [2.05, 4.69) is 40.0 Å². The number of hydrogen-bond acceptors (Lipinski definition) is 2. The maximum Gasteiger partial charge on any atom is 0.241 e. The van der Waals surface area contributed by atoms with Crippen LogP contribution in [0.2, 0.25) is 0 Å². The van der Waals surface area contributed by atoms with E-state index in [1.54, 1.807) is 6.07 Å². The predicted octanol–water partition coefficient (Wildman–Crippen LogP) is 3.79. The summed E-state index contributed by atoms with van der Waals surface area (Å²) >= 11 is 3.32. The van der Waals surface area contributed by atoms with Crippen molar-refractivity contribution in [2.24, 2.45) is 0 Å². The van der Waals surface area contributed by atoms with Crippen molar-refractivity contribution in [1.29, 1.82) is 0 Å². The second-order valence-corrected chi connectivity index (χ2v) is 6.37. The first kappa shape index (κ1) is 15.4. The summed E-state index contributed by atoms with van der Waals surface area (Å²) in [4.78, 5) is 14.6. The second kappa shape index (κ2) is 6.22. The number of halogens is 2. The zero-order valence-corrected chi connectivity index (χ0v) is 13.6. The Kier molecular flexibility index (Phi) is 4.81. The Bertz CT molecular complexity index is 499. The van der Waals surface area contributed by atoms with Gasteiger partial charge in [0.15, 0.2) is 0 Å². The van der Waals surface area contributed by atoms with Gasteiger partial charge in [0.25, 0.3) is 0 Å². The van der Waals surface area contributed by atoms with Crippen LogP contribution in [-0.2, 0) is 4.79 Å². The highest BCUT2D eigenvalue weighted by molar-refractivity contribution is 9.10. The van der Waals surface area contributed by atoms with Gasteiger partial charge in [-0.2, -0.15) is 0 Å². The fourth-order valence-electron chi connectivity index (χ4n) is 2.94. The summed E-state index contributed by atoms with van der Waals surface area (Å²) in [5.41, 5.74) is 0.473. The van der Waals surface area contributed by atoms with Gasteiger partial charge in [-0.3, -0.25) is 9.69 Å². The van der Waals surface area contributed by atoms with E-state index in [0.717, 1.165) is 12.8 Å². The minimum Gasteiger partial charge on any atom is -0.324 e. The lowest BCUT2D eigenvalue weighted by molar-refractivity contribution is -0.121. The van der Waals surface area contributed by atoms with Crippen molar-refractivity contribution in [3.05, 3.63) is 28.5 Å². The maximum absolute atomic E-state index is 13.2. The maximum atomic E-state index is 13.2. The number of hydrogen-bond donors (Lipinski definition) is 1. The summed E-state index contributed by atoms with van der Waals surface area (Å²) < 4.78 is 13.9. The van der Waals surface area contributed by atoms with Crippen LogP contribution in [0.15, 0.2) is 22.7 Å². The molecule has 1 aromatic rings. The molecule has 1 N–H and O–H groups in total. The average Bonchev–Trinajstić information content (AvgIpc) is 2.72. The number of nitrogens with zero attached hydrogens (tertiary/aromatic N) is 1. The van der Waals surface area contributed by atoms with E-state index in [0.29, 0.717) is 22.2 Å². The van der Waals surface area contributed by atoms with Crippen molar-refractivity contribution in [3.8, 4) is 0 Å². The summed E-state index contributed by atoms with van der Waals surface area (Å²) in [6.45, 7) is 6.19. The molecule has 1 fully saturated rings. The molecule has 1 heterocycles. The number of benzene rings is 1. The van der Waals surface area contributed by atoms with E-state index in [1.807, 2.05) is 6.92 Å². The van der Waals surface area contributed by atoms with Gasteiger partial charge in [0.05, 0.1) is 11.7 Å². The van der Waals surface area contributed by atoms with Crippen LogP contribution in [0.25, 0.3) is 0 Å². The SMILES string of the molecule is CC1CCC(C)N1C(C)C(=O)Nc1cc(F)ccc1Br. The zero-order valence-electron chi connectivity index (χ0n) is 12.0. The van der Waals surface area contributed by atoms with Gasteiger partial charge >= 0.3 is 0 Å². The first-order chi connectivity index (χ1) is 9.40. The van der Waals surface area contributed by atoms with Crippen molar-refractivity contribution in [2.75, 3.05) is 5.32 Å². The molecule has 1 saturated heterocycles. The van der Waals surface area contributed by atoms with Gasteiger partial charge in [0.1, 0.15) is 5.82 Å². The van der Waals surface area contributed by atoms with E-state index in [1.165, 1.54) is 12.1 Å². The Balaban J connectivity index is 2.09. The van der Waals surface area contributed by atoms with Crippen molar-refractivity contribution < 1.29 is 9.18 Å². The Morgan fingerprint density at radius 1 is 1.40 bits per heavy atom. The lowest BCUT2D eigenvalue weighted by Crippen LogP contribution is -2.46. The number of anilines is 1. The molecule has 0 saturated carbocycles. The third-order valence-electron chi connectivity index (χ3n) is 4.03. The molecule has 0 spiro atoms. The number of likely N-dealkylation sites (tertiary alicyclic amines) is 1. The van der Waals surface area contributed by atoms with Crippen LogP contribution >= 0.6 is 15.9 Å². The average molecular weight is 343 g/mol. The summed E-state index contributed by atoms with van der Waals surface area (Å²) in [5, 5.41) is 2.80. The van der Waals surface area contributed by atoms with Crippen molar-refractivity contribution in [3.63, 3.8) is 0 Å². The second-order valence-electron chi connectivity index (χ2n) is 5.51. The topological polar surface area (TPSA) is 32.3 Å². The number of amides is 1. The fourth-order valence-corrected chi connectivity index (χ4v) is 3.29. The molecular formula is C15H20BrFN2O. The largest absolute Gasteiger partial charge is 0.324 e. The van der Waals surface area contributed by atoms with Crippen LogP contribution in [0.3, 0.4) is 0 Å². The van der Waals surface area contributed by atoms with E-state index >= 15 is 0 Å². The number of carbonyl (C=O) groups excluding carboxylic acids is 1. The Morgan fingerprint density at radius 2 is 2.00 bits per heavy atom. The van der Waals surface area contributed by atoms with Gasteiger partial charge in [0.2, 0.25) is 5.91 Å². The van der Waals surface area contributed by atoms with Gasteiger partial charge < -0.3 is 5.32 Å². The Morgan fingerprint density at radius 3 is 2.60 bits per heavy atom. The third-order valence-corrected chi connectivity index (χ3v) is 4.72. The molecule has 1 amide bonds. The highest BCUT2D eigenvalue weighted by Gasteiger charge is 2.34. The summed E-state index contributed by atoms with van der Waals surface area (Å²) in [5.74, 6) is -0.462. The molecule has 1 aliphatic heterocycles. The summed E-state index contributed by atoms with van der Waals surface area (Å²) in [6, 6.07) is 4.86. The highest BCUT2D eigenvalue weighted by atomic mass is 79.9. The minimum absolute atomic E-state index is 0.100. The summed E-state index contributed by atoms with van der Waals surface area (Å²) in [6.07, 6.45) is 2.23. The Labute approximate surface area is 127 Å². The number of nitrogens with one attached hydrogen (secondary N) is 1. The molecule has 110 valence electrons. The van der Waals surface area contributed by atoms with E-state index < -0.39 is 0 Å². The zero-order chi connectivity index (χ0) is 14.9. The molecule has 0 aliphatic carbocycles. The van der Waals surface area contributed by atoms with Crippen LogP contribution in [0.4, 0.5) is 10.1 Å². The molecule has 2 rings (SSSR count).